The number of carbonyl (C=O) groups is 2. The maximum atomic E-state index is 10.6. The minimum Gasteiger partial charge on any atom is -0.481 e. The topological polar surface area (TPSA) is 134 Å². The summed E-state index contributed by atoms with van der Waals surface area (Å²) in [6, 6.07) is 17.6. The van der Waals surface area contributed by atoms with Crippen molar-refractivity contribution < 1.29 is 29.6 Å². The second kappa shape index (κ2) is 12.4. The van der Waals surface area contributed by atoms with Gasteiger partial charge in [-0.2, -0.15) is 0 Å². The molecule has 4 rings (SSSR count). The minimum absolute atomic E-state index is 0.527. The molecule has 176 valence electrons. The van der Waals surface area contributed by atoms with Crippen LogP contribution in [-0.4, -0.2) is 55.5 Å². The van der Waals surface area contributed by atoms with Crippen LogP contribution in [-0.2, 0) is 16.1 Å². The number of para-hydroxylation sites is 1. The highest BCUT2D eigenvalue weighted by molar-refractivity contribution is 5.63. The highest BCUT2D eigenvalue weighted by Gasteiger charge is 2.32. The lowest BCUT2D eigenvalue weighted by atomic mass is 10.0. The lowest BCUT2D eigenvalue weighted by Gasteiger charge is -2.23. The van der Waals surface area contributed by atoms with Gasteiger partial charge in [-0.3, -0.25) is 9.59 Å². The number of ether oxygens (including phenoxy) is 1. The number of β-amino-alcohol motifs (C(OH)–C–C–N with tert-alkyl or cyclic N) is 1. The molecule has 0 spiro atoms. The first-order valence-corrected chi connectivity index (χ1v) is 10.4. The Balaban J connectivity index is 0.000000420. The normalized spacial score (nSPS) is 16.6. The van der Waals surface area contributed by atoms with Gasteiger partial charge in [-0.1, -0.05) is 30.3 Å². The second-order valence-corrected chi connectivity index (χ2v) is 7.51. The molecule has 4 N–H and O–H groups in total. The monoisotopic (exact) mass is 455 g/mol. The molecule has 3 aromatic rings. The number of nitrogens with zero attached hydrogens (tertiary/aromatic N) is 2. The number of rotatable bonds is 5. The first-order chi connectivity index (χ1) is 15.7. The first-order valence-electron chi connectivity index (χ1n) is 10.4. The summed E-state index contributed by atoms with van der Waals surface area (Å²) in [6.45, 7) is 4.15. The summed E-state index contributed by atoms with van der Waals surface area (Å²) in [5.74, 6) is 0.729. The van der Waals surface area contributed by atoms with Crippen molar-refractivity contribution in [2.75, 3.05) is 13.1 Å². The quantitative estimate of drug-likeness (QED) is 0.461. The highest BCUT2D eigenvalue weighted by atomic mass is 16.5. The van der Waals surface area contributed by atoms with Crippen LogP contribution in [0.15, 0.2) is 67.0 Å². The van der Waals surface area contributed by atoms with Crippen LogP contribution in [0.25, 0.3) is 11.4 Å². The van der Waals surface area contributed by atoms with Crippen LogP contribution in [0.5, 0.6) is 11.5 Å². The van der Waals surface area contributed by atoms with Crippen LogP contribution < -0.4 is 10.1 Å². The van der Waals surface area contributed by atoms with Crippen molar-refractivity contribution in [3.63, 3.8) is 0 Å². The molecule has 1 aliphatic rings. The molecule has 33 heavy (non-hydrogen) atoms. The Morgan fingerprint density at radius 1 is 1.06 bits per heavy atom. The van der Waals surface area contributed by atoms with E-state index in [2.05, 4.69) is 10.3 Å². The summed E-state index contributed by atoms with van der Waals surface area (Å²) in [6.07, 6.45) is 4.43. The fraction of sp³-hybridized carbons (Fsp3) is 0.292. The molecular formula is C24H29N3O6. The molecule has 2 heterocycles. The van der Waals surface area contributed by atoms with E-state index < -0.39 is 17.5 Å². The largest absolute Gasteiger partial charge is 0.481 e. The Morgan fingerprint density at radius 3 is 2.30 bits per heavy atom. The first kappa shape index (κ1) is 25.6. The van der Waals surface area contributed by atoms with Gasteiger partial charge < -0.3 is 29.9 Å². The summed E-state index contributed by atoms with van der Waals surface area (Å²) in [5, 5.41) is 28.7. The van der Waals surface area contributed by atoms with Crippen LogP contribution in [0.3, 0.4) is 0 Å². The molecule has 9 heteroatoms. The number of aromatic nitrogens is 2. The van der Waals surface area contributed by atoms with E-state index >= 15 is 0 Å². The average molecular weight is 456 g/mol. The molecule has 1 fully saturated rings. The summed E-state index contributed by atoms with van der Waals surface area (Å²) in [5.41, 5.74) is 0.251. The Bertz CT molecular complexity index is 1010. The predicted molar refractivity (Wildman–Crippen MR) is 123 cm³/mol. The number of aliphatic carboxylic acids is 2. The van der Waals surface area contributed by atoms with E-state index in [1.54, 1.807) is 6.20 Å². The SMILES string of the molecule is CC(=O)O.CC(=O)O.OC1(Cn2ccnc2-c2cccc(Oc3ccccc3)c2)CCNC1. The number of imidazole rings is 1. The molecule has 1 aromatic heterocycles. The molecule has 0 amide bonds. The number of carboxylic acids is 2. The fourth-order valence-corrected chi connectivity index (χ4v) is 3.20. The molecule has 0 bridgehead atoms. The van der Waals surface area contributed by atoms with Gasteiger partial charge in [0.25, 0.3) is 11.9 Å². The van der Waals surface area contributed by atoms with E-state index in [4.69, 9.17) is 24.5 Å². The van der Waals surface area contributed by atoms with Crippen LogP contribution in [0.4, 0.5) is 0 Å². The zero-order valence-electron chi connectivity index (χ0n) is 18.6. The van der Waals surface area contributed by atoms with Gasteiger partial charge in [-0.15, -0.1) is 0 Å². The summed E-state index contributed by atoms with van der Waals surface area (Å²) in [4.78, 5) is 22.5. The van der Waals surface area contributed by atoms with Crippen molar-refractivity contribution in [3.8, 4) is 22.9 Å². The molecule has 0 saturated carbocycles. The number of carboxylic acid groups (broad SMARTS) is 2. The Morgan fingerprint density at radius 2 is 1.70 bits per heavy atom. The third-order valence-electron chi connectivity index (χ3n) is 4.47. The molecule has 1 atom stereocenters. The van der Waals surface area contributed by atoms with Crippen LogP contribution in [0, 0.1) is 0 Å². The molecule has 0 aliphatic carbocycles. The van der Waals surface area contributed by atoms with Crippen LogP contribution >= 0.6 is 0 Å². The number of aliphatic hydroxyl groups is 1. The molecule has 0 radical (unpaired) electrons. The van der Waals surface area contributed by atoms with Crippen molar-refractivity contribution in [1.82, 2.24) is 14.9 Å². The van der Waals surface area contributed by atoms with Gasteiger partial charge in [-0.25, -0.2) is 4.98 Å². The maximum Gasteiger partial charge on any atom is 0.300 e. The molecule has 1 saturated heterocycles. The third kappa shape index (κ3) is 9.14. The van der Waals surface area contributed by atoms with E-state index in [-0.39, 0.29) is 0 Å². The number of nitrogens with one attached hydrogen (secondary N) is 1. The van der Waals surface area contributed by atoms with Crippen LogP contribution in [0.2, 0.25) is 0 Å². The molecular weight excluding hydrogens is 426 g/mol. The highest BCUT2D eigenvalue weighted by Crippen LogP contribution is 2.28. The zero-order valence-corrected chi connectivity index (χ0v) is 18.6. The molecule has 1 unspecified atom stereocenters. The number of hydrogen-bond acceptors (Lipinski definition) is 6. The lowest BCUT2D eigenvalue weighted by molar-refractivity contribution is -0.135. The van der Waals surface area contributed by atoms with E-state index in [1.165, 1.54) is 0 Å². The van der Waals surface area contributed by atoms with Crippen molar-refractivity contribution in [3.05, 3.63) is 67.0 Å². The number of benzene rings is 2. The average Bonchev–Trinajstić information content (AvgIpc) is 3.37. The second-order valence-electron chi connectivity index (χ2n) is 7.51. The summed E-state index contributed by atoms with van der Waals surface area (Å²) >= 11 is 0. The van der Waals surface area contributed by atoms with Crippen molar-refractivity contribution >= 4 is 11.9 Å². The maximum absolute atomic E-state index is 10.6. The zero-order chi connectivity index (χ0) is 24.3. The van der Waals surface area contributed by atoms with Crippen LogP contribution in [0.1, 0.15) is 20.3 Å². The van der Waals surface area contributed by atoms with Gasteiger partial charge in [0.2, 0.25) is 0 Å². The van der Waals surface area contributed by atoms with Gasteiger partial charge >= 0.3 is 0 Å². The van der Waals surface area contributed by atoms with Gasteiger partial charge in [-0.05, 0) is 37.2 Å². The van der Waals surface area contributed by atoms with E-state index in [1.807, 2.05) is 65.4 Å². The summed E-state index contributed by atoms with van der Waals surface area (Å²) in [7, 11) is 0. The molecule has 1 aliphatic heterocycles. The molecule has 9 nitrogen and oxygen atoms in total. The van der Waals surface area contributed by atoms with Gasteiger partial charge in [0.1, 0.15) is 17.3 Å². The lowest BCUT2D eigenvalue weighted by Crippen LogP contribution is -2.36. The van der Waals surface area contributed by atoms with E-state index in [0.717, 1.165) is 49.7 Å². The van der Waals surface area contributed by atoms with E-state index in [0.29, 0.717) is 13.1 Å². The smallest absolute Gasteiger partial charge is 0.300 e. The third-order valence-corrected chi connectivity index (χ3v) is 4.47. The molecule has 2 aromatic carbocycles. The van der Waals surface area contributed by atoms with Gasteiger partial charge in [0.05, 0.1) is 12.1 Å². The van der Waals surface area contributed by atoms with Crippen molar-refractivity contribution in [2.24, 2.45) is 0 Å². The Kier molecular flexibility index (Phi) is 9.59. The van der Waals surface area contributed by atoms with Crippen molar-refractivity contribution in [1.29, 1.82) is 0 Å². The number of hydrogen-bond donors (Lipinski definition) is 4. The minimum atomic E-state index is -0.833. The van der Waals surface area contributed by atoms with E-state index in [9.17, 15) is 5.11 Å². The summed E-state index contributed by atoms with van der Waals surface area (Å²) < 4.78 is 7.92. The standard InChI is InChI=1S/C20H21N3O2.2C2H4O2/c24-20(9-10-21-14-20)15-23-12-11-22-19(23)16-5-4-8-18(13-16)25-17-6-2-1-3-7-17;2*1-2(3)4/h1-8,11-13,21,24H,9-10,14-15H2;2*1H3,(H,3,4). The fourth-order valence-electron chi connectivity index (χ4n) is 3.20. The predicted octanol–water partition coefficient (Wildman–Crippen LogP) is 3.25. The van der Waals surface area contributed by atoms with Gasteiger partial charge in [0, 0.05) is 38.3 Å². The van der Waals surface area contributed by atoms with Crippen molar-refractivity contribution in [2.45, 2.75) is 32.4 Å². The van der Waals surface area contributed by atoms with Gasteiger partial charge in [0.15, 0.2) is 0 Å². The Labute approximate surface area is 192 Å². The Hall–Kier alpha value is -3.69.